The number of hydrogen-bond donors (Lipinski definition) is 6. The molecule has 10 nitrogen and oxygen atoms in total. The predicted octanol–water partition coefficient (Wildman–Crippen LogP) is 6.52. The molecule has 5 aromatic carbocycles. The fraction of sp³-hybridized carbons (Fsp3) is 0.312. The van der Waals surface area contributed by atoms with Gasteiger partial charge in [0.25, 0.3) is 0 Å². The lowest BCUT2D eigenvalue weighted by Crippen LogP contribution is -2.57. The Morgan fingerprint density at radius 3 is 2.38 bits per heavy atom. The van der Waals surface area contributed by atoms with Gasteiger partial charge in [-0.1, -0.05) is 72.3 Å². The van der Waals surface area contributed by atoms with E-state index in [4.69, 9.17) is 9.47 Å². The molecule has 0 radical (unpaired) electrons. The van der Waals surface area contributed by atoms with Gasteiger partial charge >= 0.3 is 0 Å². The van der Waals surface area contributed by atoms with E-state index >= 15 is 4.79 Å². The number of carbonyl (C=O) groups is 1. The van der Waals surface area contributed by atoms with Crippen LogP contribution in [0.15, 0.2) is 109 Å². The normalized spacial score (nSPS) is 19.2. The summed E-state index contributed by atoms with van der Waals surface area (Å²) in [6.45, 7) is 0.411. The van der Waals surface area contributed by atoms with Crippen molar-refractivity contribution in [2.75, 3.05) is 21.3 Å². The van der Waals surface area contributed by atoms with E-state index in [2.05, 4.69) is 34.6 Å². The number of nitrogens with zero attached hydrogens (tertiary/aromatic N) is 1. The molecule has 0 amide bonds. The molecule has 0 spiro atoms. The lowest BCUT2D eigenvalue weighted by Gasteiger charge is -2.46. The summed E-state index contributed by atoms with van der Waals surface area (Å²) in [7, 11) is 4.77. The Hall–Kier alpha value is -5.81. The van der Waals surface area contributed by atoms with E-state index in [0.29, 0.717) is 42.7 Å². The highest BCUT2D eigenvalue weighted by atomic mass is 16.5. The lowest BCUT2D eigenvalue weighted by atomic mass is 9.58. The summed E-state index contributed by atoms with van der Waals surface area (Å²) in [6.07, 6.45) is 2.83. The molecule has 58 heavy (non-hydrogen) atoms. The van der Waals surface area contributed by atoms with Gasteiger partial charge in [-0.2, -0.15) is 12.4 Å². The first-order valence-electron chi connectivity index (χ1n) is 19.7. The quantitative estimate of drug-likeness (QED) is 0.0676. The number of Topliss-reactive ketones (excluding diaryl/α,β-unsaturated/α-hetero) is 1. The van der Waals surface area contributed by atoms with Crippen molar-refractivity contribution in [3.05, 3.63) is 148 Å². The largest absolute Gasteiger partial charge is 0.670 e. The molecule has 5 atom stereocenters. The number of rotatable bonds is 15. The van der Waals surface area contributed by atoms with Gasteiger partial charge < -0.3 is 45.3 Å². The molecule has 1 aromatic heterocycles. The van der Waals surface area contributed by atoms with E-state index < -0.39 is 29.5 Å². The van der Waals surface area contributed by atoms with Gasteiger partial charge in [-0.15, -0.1) is 0 Å². The zero-order valence-corrected chi connectivity index (χ0v) is 33.1. The van der Waals surface area contributed by atoms with Crippen molar-refractivity contribution in [3.8, 4) is 28.7 Å². The Kier molecular flexibility index (Phi) is 12.1. The maximum absolute atomic E-state index is 15.5. The van der Waals surface area contributed by atoms with Crippen LogP contribution in [0.25, 0.3) is 10.8 Å². The van der Waals surface area contributed by atoms with Crippen LogP contribution in [0.4, 0.5) is 0 Å². The van der Waals surface area contributed by atoms with E-state index in [-0.39, 0.29) is 48.0 Å². The first-order valence-corrected chi connectivity index (χ1v) is 19.7. The smallest absolute Gasteiger partial charge is 0.164 e. The summed E-state index contributed by atoms with van der Waals surface area (Å²) in [5.74, 6) is -1.25. The molecule has 1 heterocycles. The summed E-state index contributed by atoms with van der Waals surface area (Å²) < 4.78 is 11.2. The molecule has 6 N–H and O–H groups in total. The fourth-order valence-corrected chi connectivity index (χ4v) is 9.14. The van der Waals surface area contributed by atoms with Crippen LogP contribution in [0.1, 0.15) is 51.8 Å². The molecular weight excluding hydrogens is 733 g/mol. The number of fused-ring (bicyclic) bond motifs is 1. The second-order valence-corrected chi connectivity index (χ2v) is 15.5. The molecule has 1 fully saturated rings. The van der Waals surface area contributed by atoms with Crippen LogP contribution in [0, 0.1) is 11.8 Å². The number of aliphatic hydroxyl groups excluding tert-OH is 2. The van der Waals surface area contributed by atoms with Gasteiger partial charge in [-0.05, 0) is 114 Å². The van der Waals surface area contributed by atoms with E-state index in [0.717, 1.165) is 38.6 Å². The summed E-state index contributed by atoms with van der Waals surface area (Å²) in [4.78, 5) is 19.8. The minimum Gasteiger partial charge on any atom is -0.670 e. The number of ether oxygens (including phenoxy) is 2. The van der Waals surface area contributed by atoms with Crippen LogP contribution >= 0.6 is 0 Å². The molecule has 10 heteroatoms. The number of benzene rings is 5. The minimum absolute atomic E-state index is 0.00895. The van der Waals surface area contributed by atoms with Crippen molar-refractivity contribution in [2.45, 2.75) is 62.7 Å². The Balaban J connectivity index is 1.31. The molecule has 7 rings (SSSR count). The summed E-state index contributed by atoms with van der Waals surface area (Å²) in [5, 5.41) is 62.5. The highest BCUT2D eigenvalue weighted by Crippen LogP contribution is 2.47. The third-order valence-corrected chi connectivity index (χ3v) is 12.0. The highest BCUT2D eigenvalue weighted by Gasteiger charge is 2.54. The topological polar surface area (TPSA) is 163 Å². The average Bonchev–Trinajstić information content (AvgIpc) is 3.74. The van der Waals surface area contributed by atoms with Crippen LogP contribution in [0.3, 0.4) is 0 Å². The zero-order valence-electron chi connectivity index (χ0n) is 33.1. The van der Waals surface area contributed by atoms with Crippen molar-refractivity contribution in [1.29, 1.82) is 0 Å². The van der Waals surface area contributed by atoms with Crippen LogP contribution in [0.2, 0.25) is 0 Å². The monoisotopic (exact) mass is 783 g/mol. The third kappa shape index (κ3) is 8.00. The number of phenolic OH excluding ortho intramolecular Hbond substituents is 3. The SMILES string of the molecule is CNCc1cc(O)cc([C@@]2(Cc3ccc(O)c(OC)c3)C(=O)[C@H]([C@@H](O)[C@H](Cc3cc[n-]c3)Cc3ccc(O)c(OC)c3Cc3cccc4ccccc34)CC[C@H]2O)c1. The van der Waals surface area contributed by atoms with Gasteiger partial charge in [0.15, 0.2) is 28.8 Å². The molecule has 0 unspecified atom stereocenters. The maximum atomic E-state index is 15.5. The summed E-state index contributed by atoms with van der Waals surface area (Å²) in [6, 6.07) is 29.5. The highest BCUT2D eigenvalue weighted by molar-refractivity contribution is 5.95. The Bertz CT molecular complexity index is 2370. The standard InChI is InChI=1S/C48H51N2O8/c1-49-27-31-20-36(25-37(51)21-31)48(26-29-11-14-41(52)43(22-29)57-2)44(54)16-13-39(47(48)56)45(55)35(19-30-17-18-50-28-30)23-34-12-15-42(53)46(58-3)40(34)24-33-9-6-8-32-7-4-5-10-38(32)33/h4-12,14-15,17-18,20-22,25,28,35,39,44-45,49,51-55H,13,16,19,23-24,26-27H2,1-3H3/q-1/t35-,39+,44-,45+,48-/m1/s1. The lowest BCUT2D eigenvalue weighted by molar-refractivity contribution is -0.144. The number of carbonyl (C=O) groups excluding carboxylic acids is 1. The zero-order chi connectivity index (χ0) is 41.0. The molecule has 302 valence electrons. The van der Waals surface area contributed by atoms with E-state index in [1.54, 1.807) is 43.7 Å². The molecule has 0 aliphatic heterocycles. The second-order valence-electron chi connectivity index (χ2n) is 15.5. The first-order chi connectivity index (χ1) is 28.1. The number of hydrogen-bond acceptors (Lipinski definition) is 9. The summed E-state index contributed by atoms with van der Waals surface area (Å²) in [5.41, 5.74) is 3.83. The van der Waals surface area contributed by atoms with Crippen molar-refractivity contribution < 1.29 is 39.8 Å². The van der Waals surface area contributed by atoms with Gasteiger partial charge in [0.2, 0.25) is 0 Å². The molecule has 1 aliphatic carbocycles. The number of nitrogens with one attached hydrogen (secondary N) is 1. The first kappa shape index (κ1) is 40.4. The van der Waals surface area contributed by atoms with Gasteiger partial charge in [0.1, 0.15) is 5.75 Å². The number of ketones is 1. The number of aromatic nitrogens is 1. The number of methoxy groups -OCH3 is 2. The second kappa shape index (κ2) is 17.4. The molecular formula is C48H51N2O8-. The van der Waals surface area contributed by atoms with Gasteiger partial charge in [-0.3, -0.25) is 4.79 Å². The number of aliphatic hydroxyl groups is 2. The average molecular weight is 784 g/mol. The van der Waals surface area contributed by atoms with Gasteiger partial charge in [0, 0.05) is 24.4 Å². The third-order valence-electron chi connectivity index (χ3n) is 12.0. The molecule has 1 saturated carbocycles. The van der Waals surface area contributed by atoms with Crippen molar-refractivity contribution in [1.82, 2.24) is 10.3 Å². The fourth-order valence-electron chi connectivity index (χ4n) is 9.14. The van der Waals surface area contributed by atoms with Crippen LogP contribution in [-0.4, -0.2) is 64.8 Å². The maximum Gasteiger partial charge on any atom is 0.164 e. The Morgan fingerprint density at radius 1 is 0.828 bits per heavy atom. The van der Waals surface area contributed by atoms with E-state index in [1.807, 2.05) is 36.4 Å². The number of phenols is 3. The van der Waals surface area contributed by atoms with Crippen LogP contribution in [-0.2, 0) is 42.4 Å². The van der Waals surface area contributed by atoms with E-state index in [1.165, 1.54) is 26.4 Å². The van der Waals surface area contributed by atoms with Crippen molar-refractivity contribution >= 4 is 16.6 Å². The van der Waals surface area contributed by atoms with Gasteiger partial charge in [0.05, 0.1) is 31.8 Å². The molecule has 0 saturated heterocycles. The molecule has 1 aliphatic rings. The summed E-state index contributed by atoms with van der Waals surface area (Å²) >= 11 is 0. The van der Waals surface area contributed by atoms with Crippen LogP contribution in [0.5, 0.6) is 28.7 Å². The van der Waals surface area contributed by atoms with Crippen LogP contribution < -0.4 is 19.8 Å². The minimum atomic E-state index is -1.57. The molecule has 0 bridgehead atoms. The number of aromatic hydroxyl groups is 3. The Labute approximate surface area is 338 Å². The predicted molar refractivity (Wildman–Crippen MR) is 223 cm³/mol. The Morgan fingerprint density at radius 2 is 1.62 bits per heavy atom. The van der Waals surface area contributed by atoms with E-state index in [9.17, 15) is 25.5 Å². The molecule has 6 aromatic rings. The van der Waals surface area contributed by atoms with Crippen molar-refractivity contribution in [3.63, 3.8) is 0 Å². The van der Waals surface area contributed by atoms with Gasteiger partial charge in [-0.25, -0.2) is 0 Å². The van der Waals surface area contributed by atoms with Crippen molar-refractivity contribution in [2.24, 2.45) is 11.8 Å².